The van der Waals surface area contributed by atoms with Crippen molar-refractivity contribution in [2.45, 2.75) is 33.3 Å². The lowest BCUT2D eigenvalue weighted by molar-refractivity contribution is -0.122. The fourth-order valence-corrected chi connectivity index (χ4v) is 2.04. The molecule has 0 unspecified atom stereocenters. The van der Waals surface area contributed by atoms with Crippen LogP contribution in [0, 0.1) is 19.7 Å². The highest BCUT2D eigenvalue weighted by Gasteiger charge is 2.18. The number of anilines is 1. The Morgan fingerprint density at radius 1 is 1.14 bits per heavy atom. The van der Waals surface area contributed by atoms with E-state index in [1.54, 1.807) is 0 Å². The molecule has 0 bridgehead atoms. The first-order valence-electron chi connectivity index (χ1n) is 7.30. The molecule has 2 aromatic carbocycles. The maximum atomic E-state index is 12.9. The van der Waals surface area contributed by atoms with E-state index >= 15 is 0 Å². The van der Waals surface area contributed by atoms with Gasteiger partial charge in [-0.25, -0.2) is 4.39 Å². The van der Waals surface area contributed by atoms with Gasteiger partial charge >= 0.3 is 0 Å². The molecule has 2 aromatic rings. The van der Waals surface area contributed by atoms with Crippen LogP contribution in [0.4, 0.5) is 10.1 Å². The summed E-state index contributed by atoms with van der Waals surface area (Å²) in [6, 6.07) is 11.4. The highest BCUT2D eigenvalue weighted by atomic mass is 19.1. The van der Waals surface area contributed by atoms with Gasteiger partial charge in [0.15, 0.2) is 6.10 Å². The molecule has 22 heavy (non-hydrogen) atoms. The van der Waals surface area contributed by atoms with E-state index in [1.165, 1.54) is 29.8 Å². The molecular weight excluding hydrogens is 281 g/mol. The molecule has 0 radical (unpaired) electrons. The summed E-state index contributed by atoms with van der Waals surface area (Å²) in [7, 11) is 0. The third-order valence-corrected chi connectivity index (χ3v) is 3.53. The second-order valence-corrected chi connectivity index (χ2v) is 5.26. The van der Waals surface area contributed by atoms with Crippen LogP contribution in [-0.2, 0) is 4.79 Å². The fourth-order valence-electron chi connectivity index (χ4n) is 2.04. The number of rotatable bonds is 5. The first-order valence-corrected chi connectivity index (χ1v) is 7.30. The van der Waals surface area contributed by atoms with Crippen LogP contribution in [0.1, 0.15) is 24.5 Å². The number of carbonyl (C=O) groups is 1. The van der Waals surface area contributed by atoms with Crippen molar-refractivity contribution in [3.8, 4) is 5.75 Å². The van der Waals surface area contributed by atoms with Gasteiger partial charge in [-0.2, -0.15) is 0 Å². The molecule has 0 aliphatic heterocycles. The van der Waals surface area contributed by atoms with E-state index in [1.807, 2.05) is 39.0 Å². The molecule has 0 aromatic heterocycles. The monoisotopic (exact) mass is 301 g/mol. The van der Waals surface area contributed by atoms with Gasteiger partial charge in [0.05, 0.1) is 0 Å². The molecule has 0 saturated heterocycles. The third kappa shape index (κ3) is 4.07. The van der Waals surface area contributed by atoms with Crippen molar-refractivity contribution in [1.29, 1.82) is 0 Å². The molecule has 3 nitrogen and oxygen atoms in total. The summed E-state index contributed by atoms with van der Waals surface area (Å²) < 4.78 is 18.5. The zero-order valence-electron chi connectivity index (χ0n) is 13.0. The molecule has 1 N–H and O–H groups in total. The van der Waals surface area contributed by atoms with Gasteiger partial charge in [0.25, 0.3) is 5.91 Å². The second kappa shape index (κ2) is 7.07. The number of benzene rings is 2. The van der Waals surface area contributed by atoms with Gasteiger partial charge in [-0.3, -0.25) is 4.79 Å². The Labute approximate surface area is 130 Å². The quantitative estimate of drug-likeness (QED) is 0.897. The summed E-state index contributed by atoms with van der Waals surface area (Å²) in [6.45, 7) is 5.89. The van der Waals surface area contributed by atoms with Crippen LogP contribution >= 0.6 is 0 Å². The highest BCUT2D eigenvalue weighted by molar-refractivity contribution is 5.94. The molecule has 0 aliphatic rings. The van der Waals surface area contributed by atoms with E-state index in [-0.39, 0.29) is 11.7 Å². The Morgan fingerprint density at radius 3 is 2.41 bits per heavy atom. The van der Waals surface area contributed by atoms with Crippen molar-refractivity contribution >= 4 is 11.6 Å². The molecule has 0 aliphatic carbocycles. The van der Waals surface area contributed by atoms with Crippen LogP contribution in [0.2, 0.25) is 0 Å². The van der Waals surface area contributed by atoms with Gasteiger partial charge in [0.1, 0.15) is 11.6 Å². The summed E-state index contributed by atoms with van der Waals surface area (Å²) in [4.78, 5) is 12.3. The second-order valence-electron chi connectivity index (χ2n) is 5.26. The smallest absolute Gasteiger partial charge is 0.265 e. The number of nitrogens with one attached hydrogen (secondary N) is 1. The van der Waals surface area contributed by atoms with Crippen molar-refractivity contribution in [2.24, 2.45) is 0 Å². The molecule has 4 heteroatoms. The normalized spacial score (nSPS) is 11.8. The molecule has 0 saturated carbocycles. The minimum absolute atomic E-state index is 0.213. The zero-order valence-corrected chi connectivity index (χ0v) is 13.0. The summed E-state index contributed by atoms with van der Waals surface area (Å²) >= 11 is 0. The number of halogens is 1. The zero-order chi connectivity index (χ0) is 16.1. The first-order chi connectivity index (χ1) is 10.5. The van der Waals surface area contributed by atoms with Crippen molar-refractivity contribution < 1.29 is 13.9 Å². The van der Waals surface area contributed by atoms with Gasteiger partial charge in [-0.05, 0) is 67.8 Å². The standard InChI is InChI=1S/C18H20FNO2/c1-4-17(22-16-9-6-14(19)7-10-16)18(21)20-15-8-5-12(2)13(3)11-15/h5-11,17H,4H2,1-3H3,(H,20,21)/t17-/m1/s1. The maximum absolute atomic E-state index is 12.9. The SMILES string of the molecule is CC[C@@H](Oc1ccc(F)cc1)C(=O)Nc1ccc(C)c(C)c1. The topological polar surface area (TPSA) is 38.3 Å². The Hall–Kier alpha value is -2.36. The molecule has 2 rings (SSSR count). The lowest BCUT2D eigenvalue weighted by atomic mass is 10.1. The van der Waals surface area contributed by atoms with E-state index < -0.39 is 6.10 Å². The minimum Gasteiger partial charge on any atom is -0.481 e. The Morgan fingerprint density at radius 2 is 1.82 bits per heavy atom. The van der Waals surface area contributed by atoms with Crippen molar-refractivity contribution in [2.75, 3.05) is 5.32 Å². The van der Waals surface area contributed by atoms with Crippen LogP contribution in [0.25, 0.3) is 0 Å². The third-order valence-electron chi connectivity index (χ3n) is 3.53. The van der Waals surface area contributed by atoms with E-state index in [9.17, 15) is 9.18 Å². The fraction of sp³-hybridized carbons (Fsp3) is 0.278. The summed E-state index contributed by atoms with van der Waals surface area (Å²) in [5.74, 6) is -0.0708. The van der Waals surface area contributed by atoms with Gasteiger partial charge in [0.2, 0.25) is 0 Å². The molecule has 0 fully saturated rings. The number of hydrogen-bond acceptors (Lipinski definition) is 2. The number of hydrogen-bond donors (Lipinski definition) is 1. The maximum Gasteiger partial charge on any atom is 0.265 e. The highest BCUT2D eigenvalue weighted by Crippen LogP contribution is 2.17. The van der Waals surface area contributed by atoms with Crippen LogP contribution < -0.4 is 10.1 Å². The number of aryl methyl sites for hydroxylation is 2. The minimum atomic E-state index is -0.618. The van der Waals surface area contributed by atoms with E-state index in [0.29, 0.717) is 12.2 Å². The molecule has 0 spiro atoms. The number of ether oxygens (including phenoxy) is 1. The van der Waals surface area contributed by atoms with Crippen LogP contribution in [0.15, 0.2) is 42.5 Å². The summed E-state index contributed by atoms with van der Waals surface area (Å²) in [5.41, 5.74) is 3.03. The van der Waals surface area contributed by atoms with Gasteiger partial charge in [0, 0.05) is 5.69 Å². The lowest BCUT2D eigenvalue weighted by Crippen LogP contribution is -2.32. The van der Waals surface area contributed by atoms with E-state index in [4.69, 9.17) is 4.74 Å². The Kier molecular flexibility index (Phi) is 5.15. The number of amides is 1. The summed E-state index contributed by atoms with van der Waals surface area (Å²) in [6.07, 6.45) is -0.0966. The average molecular weight is 301 g/mol. The molecule has 1 amide bonds. The van der Waals surface area contributed by atoms with Crippen molar-refractivity contribution in [1.82, 2.24) is 0 Å². The summed E-state index contributed by atoms with van der Waals surface area (Å²) in [5, 5.41) is 2.85. The average Bonchev–Trinajstić information content (AvgIpc) is 2.50. The van der Waals surface area contributed by atoms with Crippen LogP contribution in [-0.4, -0.2) is 12.0 Å². The first kappa shape index (κ1) is 16.0. The molecular formula is C18H20FNO2. The Balaban J connectivity index is 2.04. The van der Waals surface area contributed by atoms with Gasteiger partial charge in [-0.15, -0.1) is 0 Å². The predicted molar refractivity (Wildman–Crippen MR) is 85.7 cm³/mol. The van der Waals surface area contributed by atoms with Crippen LogP contribution in [0.3, 0.4) is 0 Å². The molecule has 0 heterocycles. The Bertz CT molecular complexity index is 653. The van der Waals surface area contributed by atoms with Gasteiger partial charge < -0.3 is 10.1 Å². The van der Waals surface area contributed by atoms with Crippen LogP contribution in [0.5, 0.6) is 5.75 Å². The number of carbonyl (C=O) groups excluding carboxylic acids is 1. The molecule has 1 atom stereocenters. The van der Waals surface area contributed by atoms with Crippen molar-refractivity contribution in [3.63, 3.8) is 0 Å². The molecule has 116 valence electrons. The lowest BCUT2D eigenvalue weighted by Gasteiger charge is -2.17. The predicted octanol–water partition coefficient (Wildman–Crippen LogP) is 4.24. The van der Waals surface area contributed by atoms with Gasteiger partial charge in [-0.1, -0.05) is 13.0 Å². The van der Waals surface area contributed by atoms with Crippen molar-refractivity contribution in [3.05, 3.63) is 59.4 Å². The van der Waals surface area contributed by atoms with E-state index in [2.05, 4.69) is 5.32 Å². The van der Waals surface area contributed by atoms with E-state index in [0.717, 1.165) is 11.3 Å². The largest absolute Gasteiger partial charge is 0.481 e.